The third-order valence-corrected chi connectivity index (χ3v) is 4.36. The van der Waals surface area contributed by atoms with Crippen LogP contribution in [-0.2, 0) is 4.74 Å². The summed E-state index contributed by atoms with van der Waals surface area (Å²) in [5, 5.41) is 6.90. The van der Waals surface area contributed by atoms with Gasteiger partial charge >= 0.3 is 0 Å². The van der Waals surface area contributed by atoms with Crippen LogP contribution in [0.1, 0.15) is 27.2 Å². The molecule has 1 rings (SSSR count). The molecule has 24 heavy (non-hydrogen) atoms. The number of ether oxygens (including phenoxy) is 1. The van der Waals surface area contributed by atoms with Gasteiger partial charge in [0.15, 0.2) is 5.96 Å². The second-order valence-electron chi connectivity index (χ2n) is 6.71. The number of hydrogen-bond donors (Lipinski definition) is 2. The highest BCUT2D eigenvalue weighted by molar-refractivity contribution is 14.0. The molecular formula is C17H38IN5O. The molecule has 0 aromatic carbocycles. The van der Waals surface area contributed by atoms with Gasteiger partial charge in [0.1, 0.15) is 0 Å². The maximum atomic E-state index is 5.48. The molecule has 1 heterocycles. The number of nitrogens with zero attached hydrogens (tertiary/aromatic N) is 3. The fourth-order valence-corrected chi connectivity index (χ4v) is 2.81. The van der Waals surface area contributed by atoms with Crippen LogP contribution >= 0.6 is 24.0 Å². The molecule has 1 atom stereocenters. The monoisotopic (exact) mass is 455 g/mol. The molecule has 0 bridgehead atoms. The predicted octanol–water partition coefficient (Wildman–Crippen LogP) is 1.47. The van der Waals surface area contributed by atoms with E-state index in [1.807, 2.05) is 7.05 Å². The SMILES string of the molecule is CCN(C)CCNC(=NC)NCC(CC(C)C)N1CCOCC1.I. The number of nitrogens with one attached hydrogen (secondary N) is 2. The van der Waals surface area contributed by atoms with Crippen LogP contribution in [0.3, 0.4) is 0 Å². The van der Waals surface area contributed by atoms with E-state index in [-0.39, 0.29) is 24.0 Å². The lowest BCUT2D eigenvalue weighted by Gasteiger charge is -2.35. The predicted molar refractivity (Wildman–Crippen MR) is 114 cm³/mol. The van der Waals surface area contributed by atoms with Crippen LogP contribution in [0.2, 0.25) is 0 Å². The van der Waals surface area contributed by atoms with Crippen molar-refractivity contribution in [2.45, 2.75) is 33.2 Å². The second-order valence-corrected chi connectivity index (χ2v) is 6.71. The minimum Gasteiger partial charge on any atom is -0.379 e. The molecule has 0 aliphatic carbocycles. The lowest BCUT2D eigenvalue weighted by atomic mass is 10.0. The quantitative estimate of drug-likeness (QED) is 0.313. The van der Waals surface area contributed by atoms with Crippen molar-refractivity contribution >= 4 is 29.9 Å². The molecule has 1 unspecified atom stereocenters. The Bertz CT molecular complexity index is 335. The van der Waals surface area contributed by atoms with E-state index >= 15 is 0 Å². The average molecular weight is 455 g/mol. The smallest absolute Gasteiger partial charge is 0.191 e. The van der Waals surface area contributed by atoms with E-state index in [1.165, 1.54) is 6.42 Å². The highest BCUT2D eigenvalue weighted by atomic mass is 127. The van der Waals surface area contributed by atoms with Gasteiger partial charge in [0.05, 0.1) is 13.2 Å². The van der Waals surface area contributed by atoms with E-state index in [2.05, 4.69) is 53.2 Å². The van der Waals surface area contributed by atoms with Crippen molar-refractivity contribution in [3.05, 3.63) is 0 Å². The molecule has 2 N–H and O–H groups in total. The molecule has 1 fully saturated rings. The Balaban J connectivity index is 0.00000529. The highest BCUT2D eigenvalue weighted by Crippen LogP contribution is 2.12. The summed E-state index contributed by atoms with van der Waals surface area (Å²) < 4.78 is 5.48. The summed E-state index contributed by atoms with van der Waals surface area (Å²) in [6.07, 6.45) is 1.20. The van der Waals surface area contributed by atoms with Gasteiger partial charge < -0.3 is 20.3 Å². The van der Waals surface area contributed by atoms with Crippen LogP contribution in [-0.4, -0.2) is 88.4 Å². The first kappa shape index (κ1) is 23.9. The molecule has 0 spiro atoms. The van der Waals surface area contributed by atoms with E-state index in [9.17, 15) is 0 Å². The highest BCUT2D eigenvalue weighted by Gasteiger charge is 2.22. The third-order valence-electron chi connectivity index (χ3n) is 4.36. The lowest BCUT2D eigenvalue weighted by Crippen LogP contribution is -2.51. The summed E-state index contributed by atoms with van der Waals surface area (Å²) in [6.45, 7) is 14.5. The lowest BCUT2D eigenvalue weighted by molar-refractivity contribution is 0.0132. The Labute approximate surface area is 165 Å². The molecule has 6 nitrogen and oxygen atoms in total. The normalized spacial score (nSPS) is 17.7. The van der Waals surface area contributed by atoms with Crippen LogP contribution in [0.4, 0.5) is 0 Å². The molecular weight excluding hydrogens is 417 g/mol. The Kier molecular flexibility index (Phi) is 14.0. The molecule has 144 valence electrons. The summed E-state index contributed by atoms with van der Waals surface area (Å²) in [4.78, 5) is 9.18. The van der Waals surface area contributed by atoms with Gasteiger partial charge in [0, 0.05) is 45.8 Å². The van der Waals surface area contributed by atoms with E-state index in [1.54, 1.807) is 0 Å². The van der Waals surface area contributed by atoms with Crippen molar-refractivity contribution in [1.82, 2.24) is 20.4 Å². The molecule has 0 aromatic heterocycles. The maximum absolute atomic E-state index is 5.48. The van der Waals surface area contributed by atoms with E-state index < -0.39 is 0 Å². The van der Waals surface area contributed by atoms with Crippen LogP contribution in [0.5, 0.6) is 0 Å². The number of morpholine rings is 1. The second kappa shape index (κ2) is 14.1. The van der Waals surface area contributed by atoms with Gasteiger partial charge in [0.2, 0.25) is 0 Å². The largest absolute Gasteiger partial charge is 0.379 e. The molecule has 0 amide bonds. The number of aliphatic imine (C=N–C) groups is 1. The molecule has 0 radical (unpaired) electrons. The van der Waals surface area contributed by atoms with Crippen molar-refractivity contribution in [2.75, 3.05) is 66.6 Å². The minimum atomic E-state index is 0. The topological polar surface area (TPSA) is 52.1 Å². The zero-order valence-corrected chi connectivity index (χ0v) is 18.5. The van der Waals surface area contributed by atoms with Crippen LogP contribution < -0.4 is 10.6 Å². The third kappa shape index (κ3) is 10.0. The van der Waals surface area contributed by atoms with E-state index in [0.717, 1.165) is 58.4 Å². The molecule has 0 saturated carbocycles. The first-order valence-corrected chi connectivity index (χ1v) is 9.01. The van der Waals surface area contributed by atoms with E-state index in [0.29, 0.717) is 12.0 Å². The van der Waals surface area contributed by atoms with Gasteiger partial charge in [-0.05, 0) is 25.9 Å². The molecule has 1 saturated heterocycles. The Morgan fingerprint density at radius 1 is 1.25 bits per heavy atom. The molecule has 1 aliphatic heterocycles. The summed E-state index contributed by atoms with van der Waals surface area (Å²) in [5.74, 6) is 1.59. The fourth-order valence-electron chi connectivity index (χ4n) is 2.81. The Morgan fingerprint density at radius 3 is 2.46 bits per heavy atom. The Morgan fingerprint density at radius 2 is 1.92 bits per heavy atom. The molecule has 0 aromatic rings. The van der Waals surface area contributed by atoms with Gasteiger partial charge in [0.25, 0.3) is 0 Å². The zero-order chi connectivity index (χ0) is 17.1. The van der Waals surface area contributed by atoms with E-state index in [4.69, 9.17) is 4.74 Å². The van der Waals surface area contributed by atoms with Gasteiger partial charge in [-0.3, -0.25) is 9.89 Å². The fraction of sp³-hybridized carbons (Fsp3) is 0.941. The number of hydrogen-bond acceptors (Lipinski definition) is 4. The minimum absolute atomic E-state index is 0. The summed E-state index contributed by atoms with van der Waals surface area (Å²) in [7, 11) is 3.97. The Hall–Kier alpha value is -0.120. The van der Waals surface area contributed by atoms with Crippen LogP contribution in [0, 0.1) is 5.92 Å². The summed E-state index contributed by atoms with van der Waals surface area (Å²) in [5.41, 5.74) is 0. The number of rotatable bonds is 9. The zero-order valence-electron chi connectivity index (χ0n) is 16.2. The van der Waals surface area contributed by atoms with Crippen LogP contribution in [0.15, 0.2) is 4.99 Å². The van der Waals surface area contributed by atoms with Crippen molar-refractivity contribution in [3.8, 4) is 0 Å². The van der Waals surface area contributed by atoms with Gasteiger partial charge in [-0.1, -0.05) is 20.8 Å². The number of likely N-dealkylation sites (N-methyl/N-ethyl adjacent to an activating group) is 1. The maximum Gasteiger partial charge on any atom is 0.191 e. The first-order valence-electron chi connectivity index (χ1n) is 9.01. The summed E-state index contributed by atoms with van der Waals surface area (Å²) >= 11 is 0. The summed E-state index contributed by atoms with van der Waals surface area (Å²) in [6, 6.07) is 0.538. The van der Waals surface area contributed by atoms with Crippen molar-refractivity contribution in [1.29, 1.82) is 0 Å². The molecule has 7 heteroatoms. The van der Waals surface area contributed by atoms with Gasteiger partial charge in [-0.25, -0.2) is 0 Å². The van der Waals surface area contributed by atoms with Crippen LogP contribution in [0.25, 0.3) is 0 Å². The first-order chi connectivity index (χ1) is 11.1. The van der Waals surface area contributed by atoms with Crippen molar-refractivity contribution in [2.24, 2.45) is 10.9 Å². The van der Waals surface area contributed by atoms with Gasteiger partial charge in [-0.15, -0.1) is 24.0 Å². The number of guanidine groups is 1. The van der Waals surface area contributed by atoms with Gasteiger partial charge in [-0.2, -0.15) is 0 Å². The standard InChI is InChI=1S/C17H37N5O.HI/c1-6-21(5)8-7-19-17(18-4)20-14-16(13-15(2)3)22-9-11-23-12-10-22;/h15-16H,6-14H2,1-5H3,(H2,18,19,20);1H. The number of halogens is 1. The average Bonchev–Trinajstić information content (AvgIpc) is 2.56. The van der Waals surface area contributed by atoms with Crippen molar-refractivity contribution in [3.63, 3.8) is 0 Å². The molecule has 1 aliphatic rings. The van der Waals surface area contributed by atoms with Crippen molar-refractivity contribution < 1.29 is 4.74 Å².